The van der Waals surface area contributed by atoms with Crippen molar-refractivity contribution in [3.05, 3.63) is 48.9 Å². The molecule has 0 aromatic carbocycles. The topological polar surface area (TPSA) is 105 Å². The first-order valence-corrected chi connectivity index (χ1v) is 7.96. The molecule has 3 N–H and O–H groups in total. The zero-order valence-corrected chi connectivity index (χ0v) is 14.5. The number of nitrogens with one attached hydrogen (secondary N) is 3. The summed E-state index contributed by atoms with van der Waals surface area (Å²) in [6.07, 6.45) is 3.46. The van der Waals surface area contributed by atoms with Crippen molar-refractivity contribution in [2.75, 3.05) is 19.0 Å². The summed E-state index contributed by atoms with van der Waals surface area (Å²) in [6, 6.07) is 7.18. The van der Waals surface area contributed by atoms with Gasteiger partial charge in [0.05, 0.1) is 18.5 Å². The number of fused-ring (bicyclic) bond motifs is 1. The summed E-state index contributed by atoms with van der Waals surface area (Å²) < 4.78 is 1.58. The van der Waals surface area contributed by atoms with Crippen LogP contribution in [0.5, 0.6) is 0 Å². The Hall–Kier alpha value is -3.46. The number of hydrogen-bond donors (Lipinski definition) is 3. The number of rotatable bonds is 6. The second-order valence-electron chi connectivity index (χ2n) is 5.35. The lowest BCUT2D eigenvalue weighted by Gasteiger charge is -2.11. The molecule has 3 aromatic heterocycles. The third-order valence-electron chi connectivity index (χ3n) is 3.53. The molecule has 134 valence electrons. The summed E-state index contributed by atoms with van der Waals surface area (Å²) in [7, 11) is 1.50. The number of amides is 2. The fourth-order valence-electron chi connectivity index (χ4n) is 2.43. The van der Waals surface area contributed by atoms with Crippen LogP contribution in [0, 0.1) is 0 Å². The summed E-state index contributed by atoms with van der Waals surface area (Å²) in [4.78, 5) is 25.2. The highest BCUT2D eigenvalue weighted by Crippen LogP contribution is 2.24. The molecule has 3 heterocycles. The van der Waals surface area contributed by atoms with Crippen LogP contribution in [0.4, 0.5) is 10.7 Å². The van der Waals surface area contributed by atoms with E-state index in [9.17, 15) is 4.79 Å². The number of aromatic nitrogens is 4. The molecule has 2 amide bonds. The molecule has 0 atom stereocenters. The van der Waals surface area contributed by atoms with Crippen molar-refractivity contribution in [2.45, 2.75) is 6.92 Å². The minimum Gasteiger partial charge on any atom is -0.338 e. The zero-order chi connectivity index (χ0) is 18.5. The first-order chi connectivity index (χ1) is 12.6. The van der Waals surface area contributed by atoms with Gasteiger partial charge in [0.1, 0.15) is 0 Å². The minimum absolute atomic E-state index is 0.186. The van der Waals surface area contributed by atoms with E-state index < -0.39 is 0 Å². The lowest BCUT2D eigenvalue weighted by atomic mass is 10.1. The van der Waals surface area contributed by atoms with Crippen molar-refractivity contribution in [3.8, 4) is 11.1 Å². The van der Waals surface area contributed by atoms with Crippen LogP contribution in [0.3, 0.4) is 0 Å². The number of pyridine rings is 2. The Balaban J connectivity index is 2.09. The van der Waals surface area contributed by atoms with Crippen molar-refractivity contribution >= 4 is 23.3 Å². The second-order valence-corrected chi connectivity index (χ2v) is 5.35. The molecule has 0 saturated heterocycles. The number of carbonyl (C=O) groups is 1. The van der Waals surface area contributed by atoms with E-state index in [-0.39, 0.29) is 12.0 Å². The third-order valence-corrected chi connectivity index (χ3v) is 3.53. The van der Waals surface area contributed by atoms with Gasteiger partial charge in [0.25, 0.3) is 5.95 Å². The number of carbonyl (C=O) groups excluding carboxylic acids is 1. The number of nitrogens with zero attached hydrogens (tertiary/aromatic N) is 4. The molecule has 26 heavy (non-hydrogen) atoms. The number of anilines is 1. The van der Waals surface area contributed by atoms with Gasteiger partial charge in [0.2, 0.25) is 0 Å². The van der Waals surface area contributed by atoms with Crippen LogP contribution in [0.1, 0.15) is 12.6 Å². The van der Waals surface area contributed by atoms with Crippen LogP contribution in [0.15, 0.2) is 43.2 Å². The second kappa shape index (κ2) is 7.62. The predicted molar refractivity (Wildman–Crippen MR) is 98.1 cm³/mol. The van der Waals surface area contributed by atoms with Gasteiger partial charge < -0.3 is 5.32 Å². The number of hydroxylamine groups is 1. The highest BCUT2D eigenvalue weighted by molar-refractivity contribution is 5.87. The van der Waals surface area contributed by atoms with Crippen molar-refractivity contribution in [1.82, 2.24) is 30.4 Å². The monoisotopic (exact) mass is 353 g/mol. The first kappa shape index (κ1) is 17.4. The van der Waals surface area contributed by atoms with E-state index in [1.807, 2.05) is 31.2 Å². The molecule has 0 fully saturated rings. The van der Waals surface area contributed by atoms with E-state index in [1.54, 1.807) is 16.9 Å². The molecule has 0 radical (unpaired) electrons. The van der Waals surface area contributed by atoms with Gasteiger partial charge in [0.15, 0.2) is 5.65 Å². The van der Waals surface area contributed by atoms with Gasteiger partial charge in [-0.3, -0.25) is 20.6 Å². The average molecular weight is 353 g/mol. The zero-order valence-electron chi connectivity index (χ0n) is 14.5. The summed E-state index contributed by atoms with van der Waals surface area (Å²) >= 11 is 0. The smallest absolute Gasteiger partial charge is 0.321 e. The van der Waals surface area contributed by atoms with Gasteiger partial charge in [-0.25, -0.2) is 9.31 Å². The Morgan fingerprint density at radius 2 is 2.19 bits per heavy atom. The summed E-state index contributed by atoms with van der Waals surface area (Å²) in [5.74, 6) is 0.186. The summed E-state index contributed by atoms with van der Waals surface area (Å²) in [5, 5.41) is 9.57. The largest absolute Gasteiger partial charge is 0.338 e. The minimum atomic E-state index is -0.369. The average Bonchev–Trinajstić information content (AvgIpc) is 3.04. The van der Waals surface area contributed by atoms with Crippen LogP contribution in [0.2, 0.25) is 0 Å². The van der Waals surface area contributed by atoms with Crippen molar-refractivity contribution in [1.29, 1.82) is 0 Å². The lowest BCUT2D eigenvalue weighted by molar-refractivity contribution is 0.136. The van der Waals surface area contributed by atoms with Crippen LogP contribution >= 0.6 is 0 Å². The van der Waals surface area contributed by atoms with E-state index in [1.165, 1.54) is 7.11 Å². The molecule has 3 aromatic rings. The fraction of sp³-hybridized carbons (Fsp3) is 0.176. The van der Waals surface area contributed by atoms with Crippen LogP contribution < -0.4 is 16.1 Å². The molecule has 0 aliphatic heterocycles. The van der Waals surface area contributed by atoms with Crippen LogP contribution in [-0.4, -0.2) is 39.3 Å². The third kappa shape index (κ3) is 3.62. The quantitative estimate of drug-likeness (QED) is 0.586. The molecule has 9 heteroatoms. The van der Waals surface area contributed by atoms with Gasteiger partial charge in [-0.1, -0.05) is 12.6 Å². The van der Waals surface area contributed by atoms with E-state index in [0.29, 0.717) is 23.6 Å². The molecule has 0 aliphatic rings. The highest BCUT2D eigenvalue weighted by Gasteiger charge is 2.14. The molecule has 0 aliphatic carbocycles. The Kier molecular flexibility index (Phi) is 5.09. The number of urea groups is 1. The van der Waals surface area contributed by atoms with Gasteiger partial charge in [-0.05, 0) is 30.7 Å². The normalized spacial score (nSPS) is 10.5. The number of hydrogen-bond acceptors (Lipinski definition) is 6. The molecule has 0 bridgehead atoms. The van der Waals surface area contributed by atoms with E-state index in [4.69, 9.17) is 4.84 Å². The van der Waals surface area contributed by atoms with Crippen molar-refractivity contribution in [3.63, 3.8) is 0 Å². The van der Waals surface area contributed by atoms with Gasteiger partial charge in [-0.15, -0.1) is 5.10 Å². The molecular weight excluding hydrogens is 334 g/mol. The summed E-state index contributed by atoms with van der Waals surface area (Å²) in [6.45, 7) is 6.29. The summed E-state index contributed by atoms with van der Waals surface area (Å²) in [5.41, 5.74) is 6.19. The molecular formula is C17H19N7O2. The van der Waals surface area contributed by atoms with E-state index in [0.717, 1.165) is 11.1 Å². The van der Waals surface area contributed by atoms with Gasteiger partial charge in [0, 0.05) is 24.5 Å². The Morgan fingerprint density at radius 3 is 2.88 bits per heavy atom. The van der Waals surface area contributed by atoms with Crippen LogP contribution in [0.25, 0.3) is 22.5 Å². The van der Waals surface area contributed by atoms with E-state index >= 15 is 0 Å². The molecule has 0 saturated carbocycles. The Morgan fingerprint density at radius 1 is 1.35 bits per heavy atom. The van der Waals surface area contributed by atoms with Crippen LogP contribution in [-0.2, 0) is 4.84 Å². The molecule has 9 nitrogen and oxygen atoms in total. The Labute approximate surface area is 150 Å². The maximum atomic E-state index is 11.7. The molecule has 3 rings (SSSR count). The maximum absolute atomic E-state index is 11.7. The van der Waals surface area contributed by atoms with Crippen molar-refractivity contribution in [2.24, 2.45) is 0 Å². The van der Waals surface area contributed by atoms with E-state index in [2.05, 4.69) is 37.8 Å². The maximum Gasteiger partial charge on any atom is 0.321 e. The Bertz CT molecular complexity index is 937. The fourth-order valence-corrected chi connectivity index (χ4v) is 2.43. The standard InChI is InChI=1S/C17H19N7O2/c1-4-19-17(25)21-16-20-15-9-13(12-6-5-7-18-10-12)8-14(24(15)22-16)11(2)23-26-3/h5-10,23H,2,4H2,1,3H3,(H2,19,21,22,25). The molecule has 0 spiro atoms. The SMILES string of the molecule is C=C(NOC)c1cc(-c2cccnc2)cc2nc(NC(=O)NCC)nn12. The van der Waals surface area contributed by atoms with Gasteiger partial charge in [-0.2, -0.15) is 4.98 Å². The van der Waals surface area contributed by atoms with Crippen molar-refractivity contribution < 1.29 is 9.63 Å². The van der Waals surface area contributed by atoms with Gasteiger partial charge >= 0.3 is 6.03 Å². The molecule has 0 unspecified atom stereocenters. The lowest BCUT2D eigenvalue weighted by Crippen LogP contribution is -2.28. The first-order valence-electron chi connectivity index (χ1n) is 7.96. The highest BCUT2D eigenvalue weighted by atomic mass is 16.6. The predicted octanol–water partition coefficient (Wildman–Crippen LogP) is 2.05.